The van der Waals surface area contributed by atoms with Crippen molar-refractivity contribution in [2.75, 3.05) is 13.2 Å². The van der Waals surface area contributed by atoms with E-state index in [2.05, 4.69) is 15.5 Å². The lowest BCUT2D eigenvalue weighted by Gasteiger charge is -2.14. The summed E-state index contributed by atoms with van der Waals surface area (Å²) in [5.74, 6) is -0.300. The highest BCUT2D eigenvalue weighted by Crippen LogP contribution is 2.30. The van der Waals surface area contributed by atoms with Gasteiger partial charge in [0.1, 0.15) is 18.5 Å². The van der Waals surface area contributed by atoms with Gasteiger partial charge in [-0.25, -0.2) is 4.98 Å². The Hall–Kier alpha value is -3.92. The second-order valence-electron chi connectivity index (χ2n) is 7.57. The highest BCUT2D eigenvalue weighted by molar-refractivity contribution is 6.07. The number of aliphatic hydroxyl groups is 1. The number of aryl methyl sites for hydroxylation is 1. The van der Waals surface area contributed by atoms with Crippen LogP contribution in [0.4, 0.5) is 13.2 Å². The number of aromatic nitrogens is 2. The summed E-state index contributed by atoms with van der Waals surface area (Å²) >= 11 is 0. The Morgan fingerprint density at radius 1 is 1.15 bits per heavy atom. The van der Waals surface area contributed by atoms with Crippen LogP contribution >= 0.6 is 0 Å². The molecule has 2 heterocycles. The van der Waals surface area contributed by atoms with Crippen molar-refractivity contribution in [3.63, 3.8) is 0 Å². The Morgan fingerprint density at radius 3 is 2.53 bits per heavy atom. The summed E-state index contributed by atoms with van der Waals surface area (Å²) in [5, 5.41) is 17.2. The van der Waals surface area contributed by atoms with Crippen molar-refractivity contribution >= 4 is 17.0 Å². The van der Waals surface area contributed by atoms with Crippen LogP contribution < -0.4 is 10.1 Å². The van der Waals surface area contributed by atoms with Crippen molar-refractivity contribution in [2.24, 2.45) is 0 Å². The first kappa shape index (κ1) is 23.2. The Morgan fingerprint density at radius 2 is 1.85 bits per heavy atom. The molecule has 4 rings (SSSR count). The quantitative estimate of drug-likeness (QED) is 0.415. The van der Waals surface area contributed by atoms with E-state index in [1.807, 2.05) is 30.3 Å². The predicted octanol–water partition coefficient (Wildman–Crippen LogP) is 4.39. The smallest absolute Gasteiger partial charge is 0.416 e. The van der Waals surface area contributed by atoms with Crippen molar-refractivity contribution in [1.82, 2.24) is 15.5 Å². The van der Waals surface area contributed by atoms with E-state index in [9.17, 15) is 23.1 Å². The van der Waals surface area contributed by atoms with Gasteiger partial charge in [-0.2, -0.15) is 13.2 Å². The van der Waals surface area contributed by atoms with Gasteiger partial charge in [0.2, 0.25) is 0 Å². The number of rotatable bonds is 7. The maximum absolute atomic E-state index is 12.9. The van der Waals surface area contributed by atoms with Gasteiger partial charge in [0.15, 0.2) is 0 Å². The van der Waals surface area contributed by atoms with Gasteiger partial charge < -0.3 is 19.7 Å². The normalized spacial score (nSPS) is 12.5. The maximum atomic E-state index is 12.9. The van der Waals surface area contributed by atoms with Gasteiger partial charge in [0.05, 0.1) is 27.9 Å². The van der Waals surface area contributed by atoms with Crippen LogP contribution in [0, 0.1) is 6.92 Å². The van der Waals surface area contributed by atoms with E-state index in [0.717, 1.165) is 17.7 Å². The van der Waals surface area contributed by atoms with Gasteiger partial charge in [0.25, 0.3) is 11.6 Å². The molecule has 1 atom stereocenters. The van der Waals surface area contributed by atoms with Gasteiger partial charge in [-0.05, 0) is 37.3 Å². The first-order valence-electron chi connectivity index (χ1n) is 10.3. The second-order valence-corrected chi connectivity index (χ2v) is 7.57. The van der Waals surface area contributed by atoms with Crippen LogP contribution in [-0.2, 0) is 6.18 Å². The van der Waals surface area contributed by atoms with Gasteiger partial charge >= 0.3 is 6.18 Å². The molecule has 0 bridgehead atoms. The van der Waals surface area contributed by atoms with E-state index >= 15 is 0 Å². The summed E-state index contributed by atoms with van der Waals surface area (Å²) in [7, 11) is 0. The molecule has 1 unspecified atom stereocenters. The average molecular weight is 471 g/mol. The molecule has 2 N–H and O–H groups in total. The minimum Gasteiger partial charge on any atom is -0.491 e. The third-order valence-corrected chi connectivity index (χ3v) is 5.05. The summed E-state index contributed by atoms with van der Waals surface area (Å²) in [6, 6.07) is 15.0. The number of carbonyl (C=O) groups is 1. The molecule has 0 aliphatic carbocycles. The molecule has 0 fully saturated rings. The van der Waals surface area contributed by atoms with Crippen molar-refractivity contribution < 1.29 is 32.3 Å². The Balaban J connectivity index is 1.42. The summed E-state index contributed by atoms with van der Waals surface area (Å²) in [6.07, 6.45) is -5.54. The molecule has 34 heavy (non-hydrogen) atoms. The molecule has 0 aliphatic rings. The van der Waals surface area contributed by atoms with Crippen LogP contribution in [0.5, 0.6) is 5.75 Å². The van der Waals surface area contributed by atoms with E-state index in [0.29, 0.717) is 22.3 Å². The number of pyridine rings is 1. The number of hydrogen-bond donors (Lipinski definition) is 2. The first-order chi connectivity index (χ1) is 16.2. The fourth-order valence-corrected chi connectivity index (χ4v) is 3.33. The number of nitrogens with one attached hydrogen (secondary N) is 1. The number of alkyl halides is 3. The molecule has 0 saturated carbocycles. The van der Waals surface area contributed by atoms with Crippen molar-refractivity contribution in [3.8, 4) is 17.0 Å². The van der Waals surface area contributed by atoms with Gasteiger partial charge in [0, 0.05) is 12.1 Å². The number of ether oxygens (including phenoxy) is 1. The molecule has 4 aromatic rings. The van der Waals surface area contributed by atoms with E-state index in [1.54, 1.807) is 13.0 Å². The fraction of sp³-hybridized carbons (Fsp3) is 0.208. The number of hydrogen-bond acceptors (Lipinski definition) is 6. The largest absolute Gasteiger partial charge is 0.491 e. The number of halogens is 3. The molecule has 0 aliphatic heterocycles. The number of carbonyl (C=O) groups excluding carboxylic acids is 1. The van der Waals surface area contributed by atoms with E-state index < -0.39 is 23.8 Å². The number of aliphatic hydroxyl groups excluding tert-OH is 1. The molecule has 0 radical (unpaired) electrons. The van der Waals surface area contributed by atoms with Gasteiger partial charge in [-0.15, -0.1) is 0 Å². The lowest BCUT2D eigenvalue weighted by Crippen LogP contribution is -2.35. The van der Waals surface area contributed by atoms with E-state index in [1.165, 1.54) is 12.1 Å². The van der Waals surface area contributed by atoms with Crippen LogP contribution in [0.2, 0.25) is 0 Å². The summed E-state index contributed by atoms with van der Waals surface area (Å²) in [4.78, 5) is 17.4. The number of nitrogens with zero attached hydrogens (tertiary/aromatic N) is 2. The molecular weight excluding hydrogens is 451 g/mol. The molecule has 10 heteroatoms. The molecule has 1 amide bonds. The Bertz CT molecular complexity index is 1290. The summed E-state index contributed by atoms with van der Waals surface area (Å²) in [6.45, 7) is 1.33. The van der Waals surface area contributed by atoms with Crippen molar-refractivity contribution in [2.45, 2.75) is 19.2 Å². The fourth-order valence-electron chi connectivity index (χ4n) is 3.33. The molecule has 2 aromatic carbocycles. The summed E-state index contributed by atoms with van der Waals surface area (Å²) < 4.78 is 48.5. The highest BCUT2D eigenvalue weighted by atomic mass is 19.4. The zero-order chi connectivity index (χ0) is 24.3. The van der Waals surface area contributed by atoms with Crippen molar-refractivity contribution in [1.29, 1.82) is 0 Å². The molecule has 7 nitrogen and oxygen atoms in total. The SMILES string of the molecule is Cc1noc2nc(-c3ccccc3)cc(C(=O)NCC(O)COc3ccc(C(F)(F)F)cc3)c12. The topological polar surface area (TPSA) is 97.5 Å². The Labute approximate surface area is 192 Å². The van der Waals surface area contributed by atoms with Crippen LogP contribution in [0.15, 0.2) is 65.2 Å². The van der Waals surface area contributed by atoms with Crippen LogP contribution in [-0.4, -0.2) is 40.4 Å². The minimum atomic E-state index is -4.44. The minimum absolute atomic E-state index is 0.145. The predicted molar refractivity (Wildman–Crippen MR) is 117 cm³/mol. The lowest BCUT2D eigenvalue weighted by molar-refractivity contribution is -0.137. The average Bonchev–Trinajstić information content (AvgIpc) is 3.21. The zero-order valence-electron chi connectivity index (χ0n) is 18.0. The lowest BCUT2D eigenvalue weighted by atomic mass is 10.1. The second kappa shape index (κ2) is 9.52. The highest BCUT2D eigenvalue weighted by Gasteiger charge is 2.30. The number of benzene rings is 2. The van der Waals surface area contributed by atoms with Crippen LogP contribution in [0.3, 0.4) is 0 Å². The van der Waals surface area contributed by atoms with Gasteiger partial charge in [-0.1, -0.05) is 35.5 Å². The summed E-state index contributed by atoms with van der Waals surface area (Å²) in [5.41, 5.74) is 1.53. The number of fused-ring (bicyclic) bond motifs is 1. The molecule has 2 aromatic heterocycles. The van der Waals surface area contributed by atoms with Crippen LogP contribution in [0.25, 0.3) is 22.4 Å². The third-order valence-electron chi connectivity index (χ3n) is 5.05. The van der Waals surface area contributed by atoms with Crippen LogP contribution in [0.1, 0.15) is 21.6 Å². The first-order valence-corrected chi connectivity index (χ1v) is 10.3. The van der Waals surface area contributed by atoms with E-state index in [-0.39, 0.29) is 24.6 Å². The molecular formula is C24H20F3N3O4. The monoisotopic (exact) mass is 471 g/mol. The van der Waals surface area contributed by atoms with Crippen molar-refractivity contribution in [3.05, 3.63) is 77.5 Å². The Kier molecular flexibility index (Phi) is 6.51. The zero-order valence-corrected chi connectivity index (χ0v) is 18.0. The molecule has 0 saturated heterocycles. The maximum Gasteiger partial charge on any atom is 0.416 e. The molecule has 176 valence electrons. The van der Waals surface area contributed by atoms with E-state index in [4.69, 9.17) is 9.26 Å². The third kappa shape index (κ3) is 5.18. The number of amides is 1. The standard InChI is InChI=1S/C24H20F3N3O4/c1-14-21-19(11-20(29-23(21)34-30-14)15-5-3-2-4-6-15)22(32)28-12-17(31)13-33-18-9-7-16(8-10-18)24(25,26)27/h2-11,17,31H,12-13H2,1H3,(H,28,32). The van der Waals surface area contributed by atoms with Gasteiger partial charge in [-0.3, -0.25) is 4.79 Å². The molecule has 0 spiro atoms.